The van der Waals surface area contributed by atoms with Crippen LogP contribution in [-0.4, -0.2) is 23.1 Å². The fourth-order valence-corrected chi connectivity index (χ4v) is 2.16. The average molecular weight is 274 g/mol. The maximum atomic E-state index is 12.1. The lowest BCUT2D eigenvalue weighted by Crippen LogP contribution is -2.31. The van der Waals surface area contributed by atoms with Crippen molar-refractivity contribution in [3.63, 3.8) is 0 Å². The third kappa shape index (κ3) is 2.92. The molecule has 0 saturated heterocycles. The first-order valence-electron chi connectivity index (χ1n) is 7.09. The number of nitrogens with one attached hydrogen (secondary N) is 1. The number of rotatable bonds is 5. The second-order valence-corrected chi connectivity index (χ2v) is 5.22. The highest BCUT2D eigenvalue weighted by Gasteiger charge is 2.12. The van der Waals surface area contributed by atoms with Gasteiger partial charge in [-0.25, -0.2) is 4.98 Å². The van der Waals surface area contributed by atoms with E-state index in [2.05, 4.69) is 35.6 Å². The molecule has 2 rings (SSSR count). The number of hydrogen-bond acceptors (Lipinski definition) is 4. The first-order valence-corrected chi connectivity index (χ1v) is 7.09. The van der Waals surface area contributed by atoms with Crippen molar-refractivity contribution in [2.24, 2.45) is 5.92 Å². The second kappa shape index (κ2) is 5.94. The van der Waals surface area contributed by atoms with Gasteiger partial charge >= 0.3 is 0 Å². The number of H-pyrrole nitrogens is 1. The molecule has 3 N–H and O–H groups in total. The molecular formula is C15H22N4O. The SMILES string of the molecule is CCC(C)CN(CC)c1nc2ccc(N)cc2c(=O)[nH]1. The smallest absolute Gasteiger partial charge is 0.260 e. The summed E-state index contributed by atoms with van der Waals surface area (Å²) in [5.74, 6) is 1.19. The van der Waals surface area contributed by atoms with E-state index in [0.717, 1.165) is 19.5 Å². The van der Waals surface area contributed by atoms with Crippen LogP contribution in [0.3, 0.4) is 0 Å². The van der Waals surface area contributed by atoms with Gasteiger partial charge in [-0.05, 0) is 31.0 Å². The summed E-state index contributed by atoms with van der Waals surface area (Å²) in [5, 5.41) is 0.536. The molecule has 1 atom stereocenters. The van der Waals surface area contributed by atoms with Gasteiger partial charge in [0.15, 0.2) is 0 Å². The third-order valence-corrected chi connectivity index (χ3v) is 3.63. The number of aromatic nitrogens is 2. The van der Waals surface area contributed by atoms with Crippen LogP contribution in [0, 0.1) is 5.92 Å². The fraction of sp³-hybridized carbons (Fsp3) is 0.467. The highest BCUT2D eigenvalue weighted by molar-refractivity contribution is 5.81. The van der Waals surface area contributed by atoms with Gasteiger partial charge in [-0.1, -0.05) is 20.3 Å². The summed E-state index contributed by atoms with van der Waals surface area (Å²) in [6.45, 7) is 8.13. The summed E-state index contributed by atoms with van der Waals surface area (Å²) < 4.78 is 0. The van der Waals surface area contributed by atoms with Crippen LogP contribution in [0.2, 0.25) is 0 Å². The molecule has 0 aliphatic rings. The molecule has 1 aromatic heterocycles. The molecule has 2 aromatic rings. The summed E-state index contributed by atoms with van der Waals surface area (Å²) in [5.41, 5.74) is 6.83. The van der Waals surface area contributed by atoms with E-state index in [1.54, 1.807) is 18.2 Å². The molecule has 0 saturated carbocycles. The molecule has 0 spiro atoms. The molecule has 0 radical (unpaired) electrons. The van der Waals surface area contributed by atoms with E-state index in [-0.39, 0.29) is 5.56 Å². The predicted molar refractivity (Wildman–Crippen MR) is 84.1 cm³/mol. The first-order chi connectivity index (χ1) is 9.55. The standard InChI is InChI=1S/C15H22N4O/c1-4-10(3)9-19(5-2)15-17-13-7-6-11(16)8-12(13)14(20)18-15/h6-8,10H,4-5,9,16H2,1-3H3,(H,17,18,20). The molecule has 0 fully saturated rings. The summed E-state index contributed by atoms with van der Waals surface area (Å²) in [6.07, 6.45) is 1.10. The van der Waals surface area contributed by atoms with Crippen LogP contribution in [0.4, 0.5) is 11.6 Å². The van der Waals surface area contributed by atoms with Crippen LogP contribution in [0.5, 0.6) is 0 Å². The van der Waals surface area contributed by atoms with Gasteiger partial charge in [0.25, 0.3) is 5.56 Å². The van der Waals surface area contributed by atoms with Gasteiger partial charge in [-0.15, -0.1) is 0 Å². The highest BCUT2D eigenvalue weighted by atomic mass is 16.1. The molecule has 1 unspecified atom stereocenters. The minimum absolute atomic E-state index is 0.139. The summed E-state index contributed by atoms with van der Waals surface area (Å²) in [6, 6.07) is 5.22. The number of benzene rings is 1. The molecule has 0 bridgehead atoms. The van der Waals surface area contributed by atoms with Gasteiger partial charge in [0, 0.05) is 18.8 Å². The van der Waals surface area contributed by atoms with Crippen molar-refractivity contribution in [2.75, 3.05) is 23.7 Å². The Morgan fingerprint density at radius 2 is 2.15 bits per heavy atom. The van der Waals surface area contributed by atoms with E-state index in [4.69, 9.17) is 5.73 Å². The van der Waals surface area contributed by atoms with Crippen LogP contribution in [-0.2, 0) is 0 Å². The van der Waals surface area contributed by atoms with Crippen LogP contribution >= 0.6 is 0 Å². The van der Waals surface area contributed by atoms with Crippen molar-refractivity contribution >= 4 is 22.5 Å². The van der Waals surface area contributed by atoms with E-state index in [1.165, 1.54) is 0 Å². The van der Waals surface area contributed by atoms with Gasteiger partial charge in [-0.3, -0.25) is 9.78 Å². The number of fused-ring (bicyclic) bond motifs is 1. The van der Waals surface area contributed by atoms with Crippen molar-refractivity contribution in [1.29, 1.82) is 0 Å². The number of nitrogens with two attached hydrogens (primary N) is 1. The Labute approximate surface area is 118 Å². The quantitative estimate of drug-likeness (QED) is 0.821. The predicted octanol–water partition coefficient (Wildman–Crippen LogP) is 2.38. The molecule has 20 heavy (non-hydrogen) atoms. The Morgan fingerprint density at radius 3 is 2.80 bits per heavy atom. The average Bonchev–Trinajstić information content (AvgIpc) is 2.45. The van der Waals surface area contributed by atoms with E-state index in [1.807, 2.05) is 0 Å². The molecule has 0 aliphatic heterocycles. The Hall–Kier alpha value is -2.04. The zero-order valence-electron chi connectivity index (χ0n) is 12.3. The zero-order valence-corrected chi connectivity index (χ0v) is 12.3. The van der Waals surface area contributed by atoms with Crippen molar-refractivity contribution in [1.82, 2.24) is 9.97 Å². The normalized spacial score (nSPS) is 12.6. The molecule has 1 heterocycles. The van der Waals surface area contributed by atoms with E-state index in [9.17, 15) is 4.79 Å². The summed E-state index contributed by atoms with van der Waals surface area (Å²) in [7, 11) is 0. The summed E-state index contributed by atoms with van der Waals surface area (Å²) in [4.78, 5) is 21.7. The maximum Gasteiger partial charge on any atom is 0.260 e. The Bertz CT molecular complexity index is 650. The molecule has 5 nitrogen and oxygen atoms in total. The largest absolute Gasteiger partial charge is 0.399 e. The van der Waals surface area contributed by atoms with Gasteiger partial charge in [-0.2, -0.15) is 0 Å². The van der Waals surface area contributed by atoms with Gasteiger partial charge < -0.3 is 10.6 Å². The van der Waals surface area contributed by atoms with Gasteiger partial charge in [0.05, 0.1) is 10.9 Å². The lowest BCUT2D eigenvalue weighted by Gasteiger charge is -2.24. The van der Waals surface area contributed by atoms with Crippen molar-refractivity contribution in [3.05, 3.63) is 28.6 Å². The Morgan fingerprint density at radius 1 is 1.40 bits per heavy atom. The number of hydrogen-bond donors (Lipinski definition) is 2. The van der Waals surface area contributed by atoms with Crippen LogP contribution in [0.25, 0.3) is 10.9 Å². The van der Waals surface area contributed by atoms with E-state index >= 15 is 0 Å². The minimum atomic E-state index is -0.139. The monoisotopic (exact) mass is 274 g/mol. The fourth-order valence-electron chi connectivity index (χ4n) is 2.16. The molecule has 0 aliphatic carbocycles. The molecular weight excluding hydrogens is 252 g/mol. The lowest BCUT2D eigenvalue weighted by molar-refractivity contribution is 0.542. The maximum absolute atomic E-state index is 12.1. The number of aromatic amines is 1. The first kappa shape index (κ1) is 14.4. The molecule has 0 amide bonds. The zero-order chi connectivity index (χ0) is 14.7. The third-order valence-electron chi connectivity index (χ3n) is 3.63. The number of nitrogens with zero attached hydrogens (tertiary/aromatic N) is 2. The topological polar surface area (TPSA) is 75.0 Å². The molecule has 1 aromatic carbocycles. The van der Waals surface area contributed by atoms with Crippen molar-refractivity contribution in [3.8, 4) is 0 Å². The number of anilines is 2. The minimum Gasteiger partial charge on any atom is -0.399 e. The van der Waals surface area contributed by atoms with Crippen LogP contribution < -0.4 is 16.2 Å². The number of nitrogen functional groups attached to an aromatic ring is 1. The van der Waals surface area contributed by atoms with E-state index in [0.29, 0.717) is 28.5 Å². The Kier molecular flexibility index (Phi) is 4.27. The van der Waals surface area contributed by atoms with Crippen LogP contribution in [0.15, 0.2) is 23.0 Å². The van der Waals surface area contributed by atoms with Gasteiger partial charge in [0.1, 0.15) is 0 Å². The van der Waals surface area contributed by atoms with Crippen LogP contribution in [0.1, 0.15) is 27.2 Å². The van der Waals surface area contributed by atoms with Crippen molar-refractivity contribution in [2.45, 2.75) is 27.2 Å². The molecule has 108 valence electrons. The molecule has 5 heteroatoms. The van der Waals surface area contributed by atoms with Gasteiger partial charge in [0.2, 0.25) is 5.95 Å². The summed E-state index contributed by atoms with van der Waals surface area (Å²) >= 11 is 0. The van der Waals surface area contributed by atoms with Crippen molar-refractivity contribution < 1.29 is 0 Å². The van der Waals surface area contributed by atoms with E-state index < -0.39 is 0 Å². The lowest BCUT2D eigenvalue weighted by atomic mass is 10.1. The second-order valence-electron chi connectivity index (χ2n) is 5.22. The highest BCUT2D eigenvalue weighted by Crippen LogP contribution is 2.16. The Balaban J connectivity index is 2.44.